The molecule has 0 bridgehead atoms. The lowest BCUT2D eigenvalue weighted by Gasteiger charge is -1.93. The molecule has 2 nitrogen and oxygen atoms in total. The van der Waals surface area contributed by atoms with Gasteiger partial charge in [0.1, 0.15) is 11.3 Å². The van der Waals surface area contributed by atoms with E-state index in [1.54, 1.807) is 6.08 Å². The fraction of sp³-hybridized carbons (Fsp3) is 0.154. The van der Waals surface area contributed by atoms with Crippen molar-refractivity contribution >= 4 is 11.0 Å². The molecule has 0 N–H and O–H groups in total. The van der Waals surface area contributed by atoms with Gasteiger partial charge in [-0.05, 0) is 6.07 Å². The number of hydrogen-bond donors (Lipinski definition) is 0. The molecule has 0 spiro atoms. The van der Waals surface area contributed by atoms with Crippen molar-refractivity contribution in [3.05, 3.63) is 48.2 Å². The third-order valence-electron chi connectivity index (χ3n) is 2.37. The molecule has 0 fully saturated rings. The lowest BCUT2D eigenvalue weighted by atomic mass is 10.1. The number of hydrogen-bond acceptors (Lipinski definition) is 2. The van der Waals surface area contributed by atoms with Gasteiger partial charge in [0.25, 0.3) is 0 Å². The first-order valence-corrected chi connectivity index (χ1v) is 4.84. The Labute approximate surface area is 88.4 Å². The maximum atomic E-state index is 8.77. The van der Waals surface area contributed by atoms with Crippen molar-refractivity contribution in [1.29, 1.82) is 5.26 Å². The van der Waals surface area contributed by atoms with E-state index in [2.05, 4.69) is 12.6 Å². The Morgan fingerprint density at radius 3 is 2.93 bits per heavy atom. The molecular formula is C13H11NO. The minimum absolute atomic E-state index is 0.389. The van der Waals surface area contributed by atoms with Crippen LogP contribution in [0.25, 0.3) is 11.0 Å². The molecule has 2 aromatic rings. The highest BCUT2D eigenvalue weighted by Gasteiger charge is 2.11. The molecular weight excluding hydrogens is 186 g/mol. The van der Waals surface area contributed by atoms with Crippen molar-refractivity contribution in [3.8, 4) is 6.07 Å². The van der Waals surface area contributed by atoms with Crippen molar-refractivity contribution in [1.82, 2.24) is 0 Å². The number of furan rings is 1. The Hall–Kier alpha value is -2.01. The molecule has 0 saturated heterocycles. The zero-order chi connectivity index (χ0) is 10.7. The number of rotatable bonds is 3. The quantitative estimate of drug-likeness (QED) is 0.708. The van der Waals surface area contributed by atoms with E-state index >= 15 is 0 Å². The highest BCUT2D eigenvalue weighted by molar-refractivity contribution is 5.82. The standard InChI is InChI=1S/C13H11NO/c1-2-5-12-11(8-9-14)10-6-3-4-7-13(10)15-12/h2-4,6-7H,1,5,8H2. The lowest BCUT2D eigenvalue weighted by molar-refractivity contribution is 0.560. The zero-order valence-corrected chi connectivity index (χ0v) is 8.36. The normalized spacial score (nSPS) is 10.1. The molecule has 0 amide bonds. The molecule has 0 saturated carbocycles. The van der Waals surface area contributed by atoms with E-state index in [1.807, 2.05) is 24.3 Å². The Balaban J connectivity index is 2.64. The summed E-state index contributed by atoms with van der Waals surface area (Å²) in [5.41, 5.74) is 1.84. The van der Waals surface area contributed by atoms with E-state index in [4.69, 9.17) is 9.68 Å². The van der Waals surface area contributed by atoms with Crippen LogP contribution in [0.4, 0.5) is 0 Å². The fourth-order valence-electron chi connectivity index (χ4n) is 1.72. The maximum absolute atomic E-state index is 8.77. The predicted molar refractivity (Wildman–Crippen MR) is 59.4 cm³/mol. The topological polar surface area (TPSA) is 36.9 Å². The van der Waals surface area contributed by atoms with Crippen LogP contribution in [0.15, 0.2) is 41.3 Å². The molecule has 2 rings (SSSR count). The fourth-order valence-corrected chi connectivity index (χ4v) is 1.72. The van der Waals surface area contributed by atoms with Gasteiger partial charge in [-0.2, -0.15) is 5.26 Å². The summed E-state index contributed by atoms with van der Waals surface area (Å²) in [6, 6.07) is 9.96. The van der Waals surface area contributed by atoms with E-state index in [0.717, 1.165) is 22.3 Å². The third-order valence-corrected chi connectivity index (χ3v) is 2.37. The van der Waals surface area contributed by atoms with Crippen LogP contribution in [-0.2, 0) is 12.8 Å². The van der Waals surface area contributed by atoms with E-state index < -0.39 is 0 Å². The van der Waals surface area contributed by atoms with Gasteiger partial charge in [0.05, 0.1) is 12.5 Å². The minimum Gasteiger partial charge on any atom is -0.460 e. The van der Waals surface area contributed by atoms with Crippen molar-refractivity contribution in [2.75, 3.05) is 0 Å². The molecule has 0 unspecified atom stereocenters. The van der Waals surface area contributed by atoms with Crippen LogP contribution in [-0.4, -0.2) is 0 Å². The molecule has 15 heavy (non-hydrogen) atoms. The number of para-hydroxylation sites is 1. The van der Waals surface area contributed by atoms with Crippen LogP contribution in [0, 0.1) is 11.3 Å². The SMILES string of the molecule is C=CCc1oc2ccccc2c1CC#N. The van der Waals surface area contributed by atoms with Crippen molar-refractivity contribution in [2.45, 2.75) is 12.8 Å². The van der Waals surface area contributed by atoms with Gasteiger partial charge in [0.2, 0.25) is 0 Å². The van der Waals surface area contributed by atoms with Crippen molar-refractivity contribution in [2.24, 2.45) is 0 Å². The van der Waals surface area contributed by atoms with Crippen LogP contribution in [0.3, 0.4) is 0 Å². The summed E-state index contributed by atoms with van der Waals surface area (Å²) >= 11 is 0. The Kier molecular flexibility index (Phi) is 2.55. The highest BCUT2D eigenvalue weighted by Crippen LogP contribution is 2.26. The molecule has 0 radical (unpaired) electrons. The molecule has 74 valence electrons. The average Bonchev–Trinajstić information content (AvgIpc) is 2.59. The number of fused-ring (bicyclic) bond motifs is 1. The zero-order valence-electron chi connectivity index (χ0n) is 8.36. The molecule has 0 aliphatic heterocycles. The van der Waals surface area contributed by atoms with Crippen LogP contribution in [0.2, 0.25) is 0 Å². The van der Waals surface area contributed by atoms with Gasteiger partial charge < -0.3 is 4.42 Å². The number of nitrogens with zero attached hydrogens (tertiary/aromatic N) is 1. The first-order valence-electron chi connectivity index (χ1n) is 4.84. The Morgan fingerprint density at radius 1 is 1.40 bits per heavy atom. The number of nitriles is 1. The largest absolute Gasteiger partial charge is 0.460 e. The smallest absolute Gasteiger partial charge is 0.134 e. The number of benzene rings is 1. The molecule has 1 aromatic carbocycles. The van der Waals surface area contributed by atoms with E-state index in [0.29, 0.717) is 12.8 Å². The molecule has 1 aromatic heterocycles. The molecule has 0 atom stereocenters. The summed E-state index contributed by atoms with van der Waals surface area (Å²) in [5, 5.41) is 9.81. The molecule has 2 heteroatoms. The second kappa shape index (κ2) is 4.02. The van der Waals surface area contributed by atoms with Crippen molar-refractivity contribution in [3.63, 3.8) is 0 Å². The van der Waals surface area contributed by atoms with Gasteiger partial charge in [0, 0.05) is 17.4 Å². The van der Waals surface area contributed by atoms with Crippen LogP contribution >= 0.6 is 0 Å². The first kappa shape index (κ1) is 9.54. The van der Waals surface area contributed by atoms with Crippen LogP contribution < -0.4 is 0 Å². The minimum atomic E-state index is 0.389. The second-order valence-corrected chi connectivity index (χ2v) is 3.33. The molecule has 1 heterocycles. The average molecular weight is 197 g/mol. The van der Waals surface area contributed by atoms with Crippen LogP contribution in [0.5, 0.6) is 0 Å². The highest BCUT2D eigenvalue weighted by atomic mass is 16.3. The summed E-state index contributed by atoms with van der Waals surface area (Å²) in [6.45, 7) is 3.68. The van der Waals surface area contributed by atoms with Gasteiger partial charge in [-0.15, -0.1) is 6.58 Å². The van der Waals surface area contributed by atoms with Gasteiger partial charge in [-0.25, -0.2) is 0 Å². The van der Waals surface area contributed by atoms with E-state index in [1.165, 1.54) is 0 Å². The van der Waals surface area contributed by atoms with Gasteiger partial charge in [0.15, 0.2) is 0 Å². The van der Waals surface area contributed by atoms with Gasteiger partial charge in [-0.1, -0.05) is 24.3 Å². The lowest BCUT2D eigenvalue weighted by Crippen LogP contribution is -1.86. The summed E-state index contributed by atoms with van der Waals surface area (Å²) in [6.07, 6.45) is 2.85. The number of allylic oxidation sites excluding steroid dienone is 1. The summed E-state index contributed by atoms with van der Waals surface area (Å²) in [5.74, 6) is 0.854. The first-order chi connectivity index (χ1) is 7.36. The molecule has 0 aliphatic rings. The van der Waals surface area contributed by atoms with Crippen molar-refractivity contribution < 1.29 is 4.42 Å². The predicted octanol–water partition coefficient (Wildman–Crippen LogP) is 3.23. The van der Waals surface area contributed by atoms with E-state index in [-0.39, 0.29) is 0 Å². The Bertz CT molecular complexity index is 531. The molecule has 0 aliphatic carbocycles. The maximum Gasteiger partial charge on any atom is 0.134 e. The van der Waals surface area contributed by atoms with E-state index in [9.17, 15) is 0 Å². The Morgan fingerprint density at radius 2 is 2.20 bits per heavy atom. The summed E-state index contributed by atoms with van der Waals surface area (Å²) < 4.78 is 5.67. The van der Waals surface area contributed by atoms with Gasteiger partial charge >= 0.3 is 0 Å². The summed E-state index contributed by atoms with van der Waals surface area (Å²) in [4.78, 5) is 0. The third kappa shape index (κ3) is 1.64. The second-order valence-electron chi connectivity index (χ2n) is 3.33. The van der Waals surface area contributed by atoms with Gasteiger partial charge in [-0.3, -0.25) is 0 Å². The summed E-state index contributed by atoms with van der Waals surface area (Å²) in [7, 11) is 0. The van der Waals surface area contributed by atoms with Crippen LogP contribution in [0.1, 0.15) is 11.3 Å². The monoisotopic (exact) mass is 197 g/mol.